The smallest absolute Gasteiger partial charge is 0.255 e. The summed E-state index contributed by atoms with van der Waals surface area (Å²) in [6.07, 6.45) is 0.721. The molecule has 0 aliphatic carbocycles. The zero-order valence-corrected chi connectivity index (χ0v) is 10.6. The van der Waals surface area contributed by atoms with Gasteiger partial charge in [-0.2, -0.15) is 0 Å². The molecule has 1 aromatic rings. The van der Waals surface area contributed by atoms with Crippen molar-refractivity contribution in [1.29, 1.82) is 0 Å². The second-order valence-corrected chi connectivity index (χ2v) is 4.03. The van der Waals surface area contributed by atoms with Gasteiger partial charge in [0.25, 0.3) is 5.91 Å². The lowest BCUT2D eigenvalue weighted by Gasteiger charge is -2.07. The lowest BCUT2D eigenvalue weighted by Crippen LogP contribution is -2.25. The van der Waals surface area contributed by atoms with Gasteiger partial charge in [0.2, 0.25) is 0 Å². The lowest BCUT2D eigenvalue weighted by molar-refractivity contribution is 0.0940. The highest BCUT2D eigenvalue weighted by Gasteiger charge is 2.09. The summed E-state index contributed by atoms with van der Waals surface area (Å²) in [5.74, 6) is -0.266. The number of rotatable bonds is 7. The monoisotopic (exact) mass is 252 g/mol. The third-order valence-corrected chi connectivity index (χ3v) is 2.41. The van der Waals surface area contributed by atoms with Gasteiger partial charge in [-0.25, -0.2) is 0 Å². The van der Waals surface area contributed by atoms with E-state index in [1.165, 1.54) is 0 Å². The number of carbonyl (C=O) groups excluding carboxylic acids is 1. The van der Waals surface area contributed by atoms with Gasteiger partial charge >= 0.3 is 0 Å². The van der Waals surface area contributed by atoms with E-state index in [1.807, 2.05) is 6.92 Å². The van der Waals surface area contributed by atoms with Crippen molar-refractivity contribution in [3.63, 3.8) is 0 Å². The number of carbonyl (C=O) groups is 1. The van der Waals surface area contributed by atoms with E-state index in [0.29, 0.717) is 31.9 Å². The first kappa shape index (κ1) is 14.5. The molecule has 1 aromatic carbocycles. The highest BCUT2D eigenvalue weighted by Crippen LogP contribution is 2.17. The van der Waals surface area contributed by atoms with E-state index in [1.54, 1.807) is 18.2 Å². The first-order valence-electron chi connectivity index (χ1n) is 6.00. The summed E-state index contributed by atoms with van der Waals surface area (Å²) in [4.78, 5) is 11.7. The Bertz CT molecular complexity index is 394. The van der Waals surface area contributed by atoms with E-state index < -0.39 is 0 Å². The molecule has 0 unspecified atom stereocenters. The molecule has 18 heavy (non-hydrogen) atoms. The molecule has 0 saturated carbocycles. The Hall–Kier alpha value is -1.59. The van der Waals surface area contributed by atoms with Crippen LogP contribution >= 0.6 is 0 Å². The van der Waals surface area contributed by atoms with Crippen molar-refractivity contribution in [1.82, 2.24) is 5.32 Å². The number of nitrogens with two attached hydrogens (primary N) is 1. The minimum Gasteiger partial charge on any atom is -0.507 e. The molecule has 0 heterocycles. The first-order chi connectivity index (χ1) is 8.65. The molecule has 0 atom stereocenters. The average Bonchev–Trinajstić information content (AvgIpc) is 2.33. The highest BCUT2D eigenvalue weighted by molar-refractivity contribution is 5.96. The summed E-state index contributed by atoms with van der Waals surface area (Å²) < 4.78 is 5.18. The number of aromatic hydroxyl groups is 1. The molecule has 0 bridgehead atoms. The number of benzene rings is 1. The van der Waals surface area contributed by atoms with Crippen LogP contribution < -0.4 is 11.1 Å². The van der Waals surface area contributed by atoms with Gasteiger partial charge in [0, 0.05) is 19.7 Å². The second kappa shape index (κ2) is 7.68. The van der Waals surface area contributed by atoms with E-state index in [0.717, 1.165) is 12.0 Å². The third-order valence-electron chi connectivity index (χ3n) is 2.41. The summed E-state index contributed by atoms with van der Waals surface area (Å²) >= 11 is 0. The molecule has 4 N–H and O–H groups in total. The minimum absolute atomic E-state index is 0.00637. The maximum Gasteiger partial charge on any atom is 0.255 e. The fourth-order valence-corrected chi connectivity index (χ4v) is 1.49. The lowest BCUT2D eigenvalue weighted by atomic mass is 10.1. The Kier molecular flexibility index (Phi) is 6.18. The number of aryl methyl sites for hydroxylation is 1. The largest absolute Gasteiger partial charge is 0.507 e. The van der Waals surface area contributed by atoms with Crippen LogP contribution in [0.3, 0.4) is 0 Å². The number of ether oxygens (including phenoxy) is 1. The maximum atomic E-state index is 11.7. The molecule has 0 aliphatic heterocycles. The van der Waals surface area contributed by atoms with Crippen LogP contribution in [-0.2, 0) is 4.74 Å². The molecule has 1 rings (SSSR count). The molecule has 0 aliphatic rings. The van der Waals surface area contributed by atoms with E-state index in [4.69, 9.17) is 10.5 Å². The summed E-state index contributed by atoms with van der Waals surface area (Å²) in [5, 5.41) is 12.4. The first-order valence-corrected chi connectivity index (χ1v) is 6.00. The Morgan fingerprint density at radius 1 is 1.44 bits per heavy atom. The molecule has 0 saturated heterocycles. The molecule has 100 valence electrons. The average molecular weight is 252 g/mol. The standard InChI is InChI=1S/C13H20N2O3/c1-10-3-4-11(12(16)9-10)13(17)15-6-2-7-18-8-5-14/h3-4,9,16H,2,5-8,14H2,1H3,(H,15,17). The van der Waals surface area contributed by atoms with Crippen molar-refractivity contribution in [2.75, 3.05) is 26.3 Å². The molecule has 1 amide bonds. The van der Waals surface area contributed by atoms with Crippen LogP contribution in [0.25, 0.3) is 0 Å². The van der Waals surface area contributed by atoms with Gasteiger partial charge in [-0.1, -0.05) is 6.07 Å². The number of hydrogen-bond donors (Lipinski definition) is 3. The molecular formula is C13H20N2O3. The third kappa shape index (κ3) is 4.73. The Balaban J connectivity index is 2.32. The number of phenolic OH excluding ortho intramolecular Hbond substituents is 1. The van der Waals surface area contributed by atoms with Gasteiger partial charge in [-0.05, 0) is 31.0 Å². The van der Waals surface area contributed by atoms with Crippen LogP contribution in [0.2, 0.25) is 0 Å². The van der Waals surface area contributed by atoms with Crippen LogP contribution in [0.5, 0.6) is 5.75 Å². The predicted octanol–water partition coefficient (Wildman–Crippen LogP) is 0.796. The van der Waals surface area contributed by atoms with Gasteiger partial charge < -0.3 is 20.9 Å². The number of nitrogens with one attached hydrogen (secondary N) is 1. The fourth-order valence-electron chi connectivity index (χ4n) is 1.49. The summed E-state index contributed by atoms with van der Waals surface area (Å²) in [7, 11) is 0. The normalized spacial score (nSPS) is 10.3. The van der Waals surface area contributed by atoms with Crippen molar-refractivity contribution >= 4 is 5.91 Å². The van der Waals surface area contributed by atoms with Gasteiger partial charge in [0.05, 0.1) is 12.2 Å². The SMILES string of the molecule is Cc1ccc(C(=O)NCCCOCCN)c(O)c1. The van der Waals surface area contributed by atoms with Crippen LogP contribution in [0.1, 0.15) is 22.3 Å². The number of phenols is 1. The van der Waals surface area contributed by atoms with Crippen LogP contribution in [0.4, 0.5) is 0 Å². The second-order valence-electron chi connectivity index (χ2n) is 4.03. The zero-order valence-electron chi connectivity index (χ0n) is 10.6. The van der Waals surface area contributed by atoms with Crippen LogP contribution in [0.15, 0.2) is 18.2 Å². The molecule has 5 heteroatoms. The highest BCUT2D eigenvalue weighted by atomic mass is 16.5. The minimum atomic E-state index is -0.272. The molecule has 0 aromatic heterocycles. The maximum absolute atomic E-state index is 11.7. The number of amides is 1. The predicted molar refractivity (Wildman–Crippen MR) is 69.7 cm³/mol. The van der Waals surface area contributed by atoms with E-state index in [9.17, 15) is 9.90 Å². The van der Waals surface area contributed by atoms with Gasteiger partial charge in [-0.3, -0.25) is 4.79 Å². The van der Waals surface area contributed by atoms with Crippen molar-refractivity contribution in [2.24, 2.45) is 5.73 Å². The summed E-state index contributed by atoms with van der Waals surface area (Å²) in [6, 6.07) is 4.98. The quantitative estimate of drug-likeness (QED) is 0.627. The topological polar surface area (TPSA) is 84.6 Å². The summed E-state index contributed by atoms with van der Waals surface area (Å²) in [5.41, 5.74) is 6.48. The number of hydrogen-bond acceptors (Lipinski definition) is 4. The van der Waals surface area contributed by atoms with E-state index in [2.05, 4.69) is 5.32 Å². The molecule has 0 fully saturated rings. The Morgan fingerprint density at radius 2 is 2.22 bits per heavy atom. The Morgan fingerprint density at radius 3 is 2.89 bits per heavy atom. The zero-order chi connectivity index (χ0) is 13.4. The van der Waals surface area contributed by atoms with Gasteiger partial charge in [0.15, 0.2) is 0 Å². The van der Waals surface area contributed by atoms with Crippen molar-refractivity contribution in [3.8, 4) is 5.75 Å². The molecule has 5 nitrogen and oxygen atoms in total. The molecular weight excluding hydrogens is 232 g/mol. The molecule has 0 radical (unpaired) electrons. The summed E-state index contributed by atoms with van der Waals surface area (Å²) in [6.45, 7) is 3.97. The van der Waals surface area contributed by atoms with Crippen LogP contribution in [-0.4, -0.2) is 37.3 Å². The van der Waals surface area contributed by atoms with Crippen molar-refractivity contribution < 1.29 is 14.6 Å². The van der Waals surface area contributed by atoms with Gasteiger partial charge in [-0.15, -0.1) is 0 Å². The fraction of sp³-hybridized carbons (Fsp3) is 0.462. The van der Waals surface area contributed by atoms with Gasteiger partial charge in [0.1, 0.15) is 5.75 Å². The Labute approximate surface area is 107 Å². The molecule has 0 spiro atoms. The van der Waals surface area contributed by atoms with E-state index >= 15 is 0 Å². The van der Waals surface area contributed by atoms with Crippen LogP contribution in [0, 0.1) is 6.92 Å². The van der Waals surface area contributed by atoms with Crippen molar-refractivity contribution in [2.45, 2.75) is 13.3 Å². The van der Waals surface area contributed by atoms with E-state index in [-0.39, 0.29) is 11.7 Å². The van der Waals surface area contributed by atoms with Crippen molar-refractivity contribution in [3.05, 3.63) is 29.3 Å².